The van der Waals surface area contributed by atoms with E-state index in [2.05, 4.69) is 15.4 Å². The zero-order chi connectivity index (χ0) is 33.8. The third kappa shape index (κ3) is 5.47. The number of rotatable bonds is 9. The highest BCUT2D eigenvalue weighted by atomic mass is 35.5. The van der Waals surface area contributed by atoms with Crippen LogP contribution in [0.4, 0.5) is 5.69 Å². The van der Waals surface area contributed by atoms with Gasteiger partial charge in [0.05, 0.1) is 41.3 Å². The van der Waals surface area contributed by atoms with Gasteiger partial charge in [0.2, 0.25) is 0 Å². The minimum Gasteiger partial charge on any atom is -0.432 e. The molecule has 1 saturated heterocycles. The van der Waals surface area contributed by atoms with Crippen molar-refractivity contribution in [3.63, 3.8) is 0 Å². The second-order valence-electron chi connectivity index (χ2n) is 13.3. The number of fused-ring (bicyclic) bond motifs is 3. The van der Waals surface area contributed by atoms with E-state index in [-0.39, 0.29) is 36.1 Å². The van der Waals surface area contributed by atoms with Crippen LogP contribution >= 0.6 is 11.6 Å². The van der Waals surface area contributed by atoms with Crippen LogP contribution in [0, 0.1) is 5.92 Å². The van der Waals surface area contributed by atoms with Crippen LogP contribution in [0.25, 0.3) is 16.5 Å². The minimum absolute atomic E-state index is 0.0107. The topological polar surface area (TPSA) is 136 Å². The van der Waals surface area contributed by atoms with Crippen LogP contribution in [-0.2, 0) is 34.6 Å². The number of carbonyl (C=O) groups is 1. The van der Waals surface area contributed by atoms with E-state index >= 15 is 0 Å². The van der Waals surface area contributed by atoms with Gasteiger partial charge in [-0.15, -0.1) is 5.10 Å². The normalized spacial score (nSPS) is 22.2. The first-order chi connectivity index (χ1) is 23.0. The molecule has 48 heavy (non-hydrogen) atoms. The highest BCUT2D eigenvalue weighted by Crippen LogP contribution is 2.60. The predicted molar refractivity (Wildman–Crippen MR) is 185 cm³/mol. The number of aromatic nitrogens is 5. The van der Waals surface area contributed by atoms with Crippen LogP contribution in [0.5, 0.6) is 0 Å². The average Bonchev–Trinajstić information content (AvgIpc) is 3.71. The number of anilines is 1. The third-order valence-electron chi connectivity index (χ3n) is 9.76. The number of hydrogen-bond donors (Lipinski definition) is 2. The molecule has 4 heterocycles. The summed E-state index contributed by atoms with van der Waals surface area (Å²) >= 11 is 6.55. The number of amides is 1. The fourth-order valence-corrected chi connectivity index (χ4v) is 10.4. The Hall–Kier alpha value is -4.20. The van der Waals surface area contributed by atoms with Gasteiger partial charge < -0.3 is 19.5 Å². The molecule has 248 valence electrons. The summed E-state index contributed by atoms with van der Waals surface area (Å²) in [6.45, 7) is 6.53. The van der Waals surface area contributed by atoms with Crippen LogP contribution in [0.15, 0.2) is 83.9 Å². The van der Waals surface area contributed by atoms with Gasteiger partial charge in [0, 0.05) is 53.2 Å². The maximum atomic E-state index is 14.7. The molecular weight excluding hydrogens is 648 g/mol. The number of nitrogens with zero attached hydrogens (tertiary/aromatic N) is 6. The van der Waals surface area contributed by atoms with Crippen LogP contribution in [-0.4, -0.2) is 61.6 Å². The van der Waals surface area contributed by atoms with E-state index in [4.69, 9.17) is 16.3 Å². The Morgan fingerprint density at radius 2 is 1.83 bits per heavy atom. The Labute approximate surface area is 283 Å². The number of carbonyl (C=O) groups excluding carboxylic acids is 1. The standard InChI is InChI=1S/C35H37ClN6O5Si/c1-22-32(48(2,3)46)31(14-16-40-21-26(15-17-43)38-39-40)47-35(22)29-18-25(36)10-13-30(29)41(34(35)45)20-23-8-11-27(12-9-23)42-33(44)28-7-5-4-6-24(28)19-37-42/h4-13,18-19,21-22,31-32,43,46H,14-17,20H2,1-3H3/t22-,31+,32-,35+/m1/s1. The fourth-order valence-electron chi connectivity index (χ4n) is 7.61. The Bertz CT molecular complexity index is 2060. The van der Waals surface area contributed by atoms with Gasteiger partial charge in [0.15, 0.2) is 13.9 Å². The molecule has 11 nitrogen and oxygen atoms in total. The molecule has 2 aliphatic rings. The lowest BCUT2D eigenvalue weighted by Gasteiger charge is -2.32. The number of ether oxygens (including phenoxy) is 1. The van der Waals surface area contributed by atoms with Gasteiger partial charge in [-0.25, -0.2) is 0 Å². The lowest BCUT2D eigenvalue weighted by atomic mass is 9.82. The van der Waals surface area contributed by atoms with Gasteiger partial charge in [-0.1, -0.05) is 54.1 Å². The van der Waals surface area contributed by atoms with E-state index in [1.807, 2.05) is 74.6 Å². The molecule has 0 unspecified atom stereocenters. The molecule has 0 radical (unpaired) electrons. The first-order valence-electron chi connectivity index (χ1n) is 16.1. The van der Waals surface area contributed by atoms with E-state index in [0.29, 0.717) is 46.7 Å². The maximum Gasteiger partial charge on any atom is 0.279 e. The minimum atomic E-state index is -2.85. The van der Waals surface area contributed by atoms with Crippen LogP contribution < -0.4 is 10.5 Å². The zero-order valence-corrected chi connectivity index (χ0v) is 28.7. The summed E-state index contributed by atoms with van der Waals surface area (Å²) in [5.41, 5.74) is 1.82. The molecule has 1 spiro atoms. The van der Waals surface area contributed by atoms with Crippen molar-refractivity contribution in [2.24, 2.45) is 5.92 Å². The van der Waals surface area contributed by atoms with E-state index in [1.165, 1.54) is 4.68 Å². The predicted octanol–water partition coefficient (Wildman–Crippen LogP) is 4.60. The van der Waals surface area contributed by atoms with E-state index < -0.39 is 20.0 Å². The second-order valence-corrected chi connectivity index (χ2v) is 17.7. The Morgan fingerprint density at radius 3 is 2.58 bits per heavy atom. The lowest BCUT2D eigenvalue weighted by molar-refractivity contribution is -0.146. The molecule has 4 atom stereocenters. The highest BCUT2D eigenvalue weighted by molar-refractivity contribution is 6.71. The summed E-state index contributed by atoms with van der Waals surface area (Å²) in [7, 11) is -2.85. The molecule has 0 aliphatic carbocycles. The largest absolute Gasteiger partial charge is 0.432 e. The molecule has 2 aromatic heterocycles. The van der Waals surface area contributed by atoms with Gasteiger partial charge >= 0.3 is 0 Å². The van der Waals surface area contributed by atoms with Crippen LogP contribution in [0.1, 0.15) is 30.2 Å². The Morgan fingerprint density at radius 1 is 1.06 bits per heavy atom. The van der Waals surface area contributed by atoms with Crippen LogP contribution in [0.3, 0.4) is 0 Å². The third-order valence-corrected chi connectivity index (χ3v) is 12.5. The molecule has 0 saturated carbocycles. The van der Waals surface area contributed by atoms with Crippen molar-refractivity contribution in [3.05, 3.63) is 111 Å². The molecule has 13 heteroatoms. The van der Waals surface area contributed by atoms with Gasteiger partial charge in [0.1, 0.15) is 0 Å². The van der Waals surface area contributed by atoms with Crippen molar-refractivity contribution >= 4 is 42.3 Å². The summed E-state index contributed by atoms with van der Waals surface area (Å²) in [6, 6.07) is 20.2. The van der Waals surface area contributed by atoms with Crippen molar-refractivity contribution in [2.45, 2.75) is 63.2 Å². The molecule has 3 aromatic carbocycles. The summed E-state index contributed by atoms with van der Waals surface area (Å²) in [5.74, 6) is -0.529. The molecule has 1 fully saturated rings. The number of aliphatic hydroxyl groups is 1. The van der Waals surface area contributed by atoms with Crippen molar-refractivity contribution in [2.75, 3.05) is 11.5 Å². The molecule has 2 N–H and O–H groups in total. The van der Waals surface area contributed by atoms with Crippen LogP contribution in [0.2, 0.25) is 23.7 Å². The quantitative estimate of drug-likeness (QED) is 0.215. The molecular formula is C35H37ClN6O5Si. The van der Waals surface area contributed by atoms with Crippen molar-refractivity contribution in [1.82, 2.24) is 24.8 Å². The Kier molecular flexibility index (Phi) is 8.33. The molecule has 5 aromatic rings. The fraction of sp³-hybridized carbons (Fsp3) is 0.343. The zero-order valence-electron chi connectivity index (χ0n) is 27.0. The maximum absolute atomic E-state index is 14.7. The first-order valence-corrected chi connectivity index (χ1v) is 19.5. The molecule has 1 amide bonds. The van der Waals surface area contributed by atoms with Gasteiger partial charge in [0.25, 0.3) is 11.5 Å². The van der Waals surface area contributed by atoms with Crippen molar-refractivity contribution in [1.29, 1.82) is 0 Å². The smallest absolute Gasteiger partial charge is 0.279 e. The van der Waals surface area contributed by atoms with Gasteiger partial charge in [-0.3, -0.25) is 14.3 Å². The Balaban J connectivity index is 1.19. The van der Waals surface area contributed by atoms with E-state index in [9.17, 15) is 19.5 Å². The van der Waals surface area contributed by atoms with E-state index in [1.54, 1.807) is 34.1 Å². The SMILES string of the molecule is C[C@@H]1[C@@H]([Si](C)(C)O)[C@H](CCn2cc(CCO)nn2)O[C@@]12C(=O)N(Cc1ccc(-n3ncc4ccccc4c3=O)cc1)c1ccc(Cl)cc12. The summed E-state index contributed by atoms with van der Waals surface area (Å²) in [6.07, 6.45) is 4.00. The molecule has 2 aliphatic heterocycles. The van der Waals surface area contributed by atoms with Gasteiger partial charge in [-0.05, 0) is 61.5 Å². The summed E-state index contributed by atoms with van der Waals surface area (Å²) in [4.78, 5) is 41.2. The number of aliphatic hydroxyl groups excluding tert-OH is 1. The monoisotopic (exact) mass is 684 g/mol. The number of aryl methyl sites for hydroxylation is 1. The van der Waals surface area contributed by atoms with Gasteiger partial charge in [-0.2, -0.15) is 9.78 Å². The summed E-state index contributed by atoms with van der Waals surface area (Å²) < 4.78 is 9.99. The average molecular weight is 685 g/mol. The molecule has 7 rings (SSSR count). The summed E-state index contributed by atoms with van der Waals surface area (Å²) in [5, 5.41) is 23.8. The molecule has 0 bridgehead atoms. The lowest BCUT2D eigenvalue weighted by Crippen LogP contribution is -2.46. The highest BCUT2D eigenvalue weighted by Gasteiger charge is 2.66. The number of halogens is 1. The van der Waals surface area contributed by atoms with E-state index in [0.717, 1.165) is 16.6 Å². The van der Waals surface area contributed by atoms with Crippen molar-refractivity contribution in [3.8, 4) is 5.69 Å². The first kappa shape index (κ1) is 32.3. The second kappa shape index (κ2) is 12.4. The number of hydrogen-bond acceptors (Lipinski definition) is 8. The van der Waals surface area contributed by atoms with Crippen molar-refractivity contribution < 1.29 is 19.4 Å². The number of benzene rings is 3.